The highest BCUT2D eigenvalue weighted by Crippen LogP contribution is 2.07. The van der Waals surface area contributed by atoms with Gasteiger partial charge in [0.1, 0.15) is 6.10 Å². The van der Waals surface area contributed by atoms with Crippen LogP contribution in [0, 0.1) is 0 Å². The molecule has 0 heterocycles. The van der Waals surface area contributed by atoms with Gasteiger partial charge in [-0.2, -0.15) is 0 Å². The Morgan fingerprint density at radius 3 is 2.29 bits per heavy atom. The van der Waals surface area contributed by atoms with Gasteiger partial charge in [-0.15, -0.1) is 0 Å². The summed E-state index contributed by atoms with van der Waals surface area (Å²) in [6.07, 6.45) is 1.09. The topological polar surface area (TPSA) is 52.6 Å². The van der Waals surface area contributed by atoms with Crippen molar-refractivity contribution in [2.45, 2.75) is 32.8 Å². The lowest BCUT2D eigenvalue weighted by Gasteiger charge is -2.15. The molecule has 0 aliphatic rings. The van der Waals surface area contributed by atoms with Gasteiger partial charge in [0.2, 0.25) is 0 Å². The normalized spacial score (nSPS) is 11.9. The third kappa shape index (κ3) is 8.04. The maximum atomic E-state index is 10.7. The van der Waals surface area contributed by atoms with Crippen molar-refractivity contribution in [2.75, 3.05) is 11.9 Å². The number of alkyl halides is 1. The molecule has 82 valence electrons. The number of ether oxygens (including phenoxy) is 2. The molecule has 0 saturated heterocycles. The van der Waals surface area contributed by atoms with Crippen LogP contribution in [-0.2, 0) is 19.1 Å². The third-order valence-corrected chi connectivity index (χ3v) is 1.97. The average molecular weight is 267 g/mol. The second kappa shape index (κ2) is 7.79. The van der Waals surface area contributed by atoms with Crippen molar-refractivity contribution in [3.63, 3.8) is 0 Å². The van der Waals surface area contributed by atoms with Crippen LogP contribution in [-0.4, -0.2) is 30.0 Å². The molecule has 4 nitrogen and oxygen atoms in total. The first-order valence-electron chi connectivity index (χ1n) is 4.42. The molecule has 0 amide bonds. The molecular weight excluding hydrogens is 252 g/mol. The first-order valence-corrected chi connectivity index (χ1v) is 5.55. The molecule has 5 heteroatoms. The van der Waals surface area contributed by atoms with E-state index in [1.54, 1.807) is 0 Å². The molecule has 0 saturated carbocycles. The Labute approximate surface area is 92.1 Å². The molecule has 1 unspecified atom stereocenters. The molecular formula is C9H15BrO4. The summed E-state index contributed by atoms with van der Waals surface area (Å²) in [7, 11) is 0. The first-order chi connectivity index (χ1) is 6.56. The van der Waals surface area contributed by atoms with Crippen LogP contribution in [0.25, 0.3) is 0 Å². The molecule has 0 spiro atoms. The molecule has 0 aliphatic heterocycles. The Hall–Kier alpha value is -0.580. The smallest absolute Gasteiger partial charge is 0.302 e. The molecule has 0 fully saturated rings. The lowest BCUT2D eigenvalue weighted by molar-refractivity contribution is -0.148. The highest BCUT2D eigenvalue weighted by molar-refractivity contribution is 9.09. The lowest BCUT2D eigenvalue weighted by Crippen LogP contribution is -2.19. The van der Waals surface area contributed by atoms with Gasteiger partial charge < -0.3 is 9.47 Å². The van der Waals surface area contributed by atoms with Gasteiger partial charge in [-0.25, -0.2) is 0 Å². The molecule has 14 heavy (non-hydrogen) atoms. The number of halogens is 1. The number of hydrogen-bond acceptors (Lipinski definition) is 4. The maximum Gasteiger partial charge on any atom is 0.302 e. The highest BCUT2D eigenvalue weighted by Gasteiger charge is 2.11. The zero-order chi connectivity index (χ0) is 11.0. The standard InChI is InChI=1S/C9H15BrO4/c1-7(11)13-6-4-9(3-5-10)14-8(2)12/h9H,3-6H2,1-2H3. The van der Waals surface area contributed by atoms with Crippen LogP contribution in [0.4, 0.5) is 0 Å². The molecule has 0 aromatic heterocycles. The van der Waals surface area contributed by atoms with Crippen molar-refractivity contribution in [1.82, 2.24) is 0 Å². The van der Waals surface area contributed by atoms with Crippen molar-refractivity contribution in [3.05, 3.63) is 0 Å². The molecule has 0 aromatic carbocycles. The second-order valence-corrected chi connectivity index (χ2v) is 3.63. The minimum Gasteiger partial charge on any atom is -0.466 e. The minimum absolute atomic E-state index is 0.175. The van der Waals surface area contributed by atoms with E-state index in [0.717, 1.165) is 11.8 Å². The predicted molar refractivity (Wildman–Crippen MR) is 55.2 cm³/mol. The van der Waals surface area contributed by atoms with Crippen molar-refractivity contribution in [3.8, 4) is 0 Å². The van der Waals surface area contributed by atoms with Crippen molar-refractivity contribution in [2.24, 2.45) is 0 Å². The van der Waals surface area contributed by atoms with Gasteiger partial charge in [0.15, 0.2) is 0 Å². The summed E-state index contributed by atoms with van der Waals surface area (Å²) in [5, 5.41) is 0.755. The molecule has 0 N–H and O–H groups in total. The van der Waals surface area contributed by atoms with Crippen LogP contribution < -0.4 is 0 Å². The van der Waals surface area contributed by atoms with E-state index in [-0.39, 0.29) is 18.0 Å². The Kier molecular flexibility index (Phi) is 7.47. The van der Waals surface area contributed by atoms with E-state index >= 15 is 0 Å². The fourth-order valence-corrected chi connectivity index (χ4v) is 1.46. The lowest BCUT2D eigenvalue weighted by atomic mass is 10.2. The Morgan fingerprint density at radius 1 is 1.21 bits per heavy atom. The molecule has 0 aromatic rings. The summed E-state index contributed by atoms with van der Waals surface area (Å²) in [5.74, 6) is -0.621. The molecule has 0 bridgehead atoms. The summed E-state index contributed by atoms with van der Waals surface area (Å²) in [6.45, 7) is 3.01. The monoisotopic (exact) mass is 266 g/mol. The van der Waals surface area contributed by atoms with Gasteiger partial charge in [-0.05, 0) is 6.42 Å². The predicted octanol–water partition coefficient (Wildman–Crippen LogP) is 1.66. The Morgan fingerprint density at radius 2 is 1.86 bits per heavy atom. The largest absolute Gasteiger partial charge is 0.466 e. The molecule has 0 aliphatic carbocycles. The second-order valence-electron chi connectivity index (χ2n) is 2.84. The quantitative estimate of drug-likeness (QED) is 0.542. The van der Waals surface area contributed by atoms with Crippen LogP contribution in [0.5, 0.6) is 0 Å². The van der Waals surface area contributed by atoms with Gasteiger partial charge in [-0.1, -0.05) is 15.9 Å². The third-order valence-electron chi connectivity index (χ3n) is 1.51. The SMILES string of the molecule is CC(=O)OCCC(CCBr)OC(C)=O. The van der Waals surface area contributed by atoms with Gasteiger partial charge in [-0.3, -0.25) is 9.59 Å². The van der Waals surface area contributed by atoms with E-state index in [2.05, 4.69) is 15.9 Å². The Bertz CT molecular complexity index is 193. The van der Waals surface area contributed by atoms with Crippen LogP contribution in [0.15, 0.2) is 0 Å². The van der Waals surface area contributed by atoms with Gasteiger partial charge >= 0.3 is 11.9 Å². The number of esters is 2. The highest BCUT2D eigenvalue weighted by atomic mass is 79.9. The van der Waals surface area contributed by atoms with Crippen molar-refractivity contribution in [1.29, 1.82) is 0 Å². The van der Waals surface area contributed by atoms with E-state index in [4.69, 9.17) is 9.47 Å². The zero-order valence-corrected chi connectivity index (χ0v) is 10.0. The molecule has 0 radical (unpaired) electrons. The summed E-state index contributed by atoms with van der Waals surface area (Å²) < 4.78 is 9.77. The van der Waals surface area contributed by atoms with Crippen molar-refractivity contribution < 1.29 is 19.1 Å². The van der Waals surface area contributed by atoms with E-state index in [1.807, 2.05) is 0 Å². The van der Waals surface area contributed by atoms with E-state index in [0.29, 0.717) is 13.0 Å². The summed E-state index contributed by atoms with van der Waals surface area (Å²) in [5.41, 5.74) is 0. The summed E-state index contributed by atoms with van der Waals surface area (Å²) >= 11 is 3.26. The minimum atomic E-state index is -0.314. The zero-order valence-electron chi connectivity index (χ0n) is 8.42. The van der Waals surface area contributed by atoms with Crippen LogP contribution in [0.3, 0.4) is 0 Å². The van der Waals surface area contributed by atoms with Gasteiger partial charge in [0, 0.05) is 25.6 Å². The fourth-order valence-electron chi connectivity index (χ4n) is 0.953. The van der Waals surface area contributed by atoms with Crippen LogP contribution in [0.1, 0.15) is 26.7 Å². The fraction of sp³-hybridized carbons (Fsp3) is 0.778. The van der Waals surface area contributed by atoms with E-state index in [1.165, 1.54) is 13.8 Å². The molecule has 1 atom stereocenters. The number of hydrogen-bond donors (Lipinski definition) is 0. The number of rotatable bonds is 6. The van der Waals surface area contributed by atoms with Crippen LogP contribution >= 0.6 is 15.9 Å². The van der Waals surface area contributed by atoms with Gasteiger partial charge in [0.05, 0.1) is 6.61 Å². The summed E-state index contributed by atoms with van der Waals surface area (Å²) in [4.78, 5) is 21.1. The average Bonchev–Trinajstić information content (AvgIpc) is 2.02. The van der Waals surface area contributed by atoms with Gasteiger partial charge in [0.25, 0.3) is 0 Å². The number of carbonyl (C=O) groups excluding carboxylic acids is 2. The van der Waals surface area contributed by atoms with E-state index < -0.39 is 0 Å². The summed E-state index contributed by atoms with van der Waals surface area (Å²) in [6, 6.07) is 0. The Balaban J connectivity index is 3.72. The molecule has 0 rings (SSSR count). The van der Waals surface area contributed by atoms with E-state index in [9.17, 15) is 9.59 Å². The number of carbonyl (C=O) groups is 2. The first kappa shape index (κ1) is 13.4. The van der Waals surface area contributed by atoms with Crippen LogP contribution in [0.2, 0.25) is 0 Å². The van der Waals surface area contributed by atoms with Crippen molar-refractivity contribution >= 4 is 27.9 Å². The maximum absolute atomic E-state index is 10.7.